The number of nitrogens with zero attached hydrogens (tertiary/aromatic N) is 4. The number of amides is 1. The van der Waals surface area contributed by atoms with Gasteiger partial charge in [-0.2, -0.15) is 0 Å². The lowest BCUT2D eigenvalue weighted by molar-refractivity contribution is -0.111. The molecule has 1 amide bonds. The van der Waals surface area contributed by atoms with Gasteiger partial charge in [-0.1, -0.05) is 36.9 Å². The van der Waals surface area contributed by atoms with Crippen LogP contribution in [0, 0.1) is 0 Å². The molecular weight excluding hydrogens is 572 g/mol. The van der Waals surface area contributed by atoms with Gasteiger partial charge in [0.15, 0.2) is 5.82 Å². The van der Waals surface area contributed by atoms with Gasteiger partial charge in [0.2, 0.25) is 5.91 Å². The summed E-state index contributed by atoms with van der Waals surface area (Å²) >= 11 is 0. The molecule has 4 heterocycles. The average molecular weight is 607 g/mol. The predicted molar refractivity (Wildman–Crippen MR) is 171 cm³/mol. The Labute approximate surface area is 261 Å². The lowest BCUT2D eigenvalue weighted by Gasteiger charge is -2.31. The fourth-order valence-corrected chi connectivity index (χ4v) is 6.13. The maximum atomic E-state index is 12.4. The lowest BCUT2D eigenvalue weighted by Crippen LogP contribution is -2.37. The van der Waals surface area contributed by atoms with Gasteiger partial charge in [0.1, 0.15) is 29.4 Å². The highest BCUT2D eigenvalue weighted by Crippen LogP contribution is 2.43. The summed E-state index contributed by atoms with van der Waals surface area (Å²) in [5.41, 5.74) is 3.20. The second kappa shape index (κ2) is 12.5. The minimum absolute atomic E-state index is 0.0682. The monoisotopic (exact) mass is 606 g/mol. The van der Waals surface area contributed by atoms with Crippen LogP contribution in [-0.2, 0) is 14.4 Å². The van der Waals surface area contributed by atoms with Crippen LogP contribution in [0.25, 0.3) is 0 Å². The Morgan fingerprint density at radius 2 is 1.91 bits per heavy atom. The number of rotatable bonds is 10. The summed E-state index contributed by atoms with van der Waals surface area (Å²) in [5.74, 6) is 2.98. The third-order valence-corrected chi connectivity index (χ3v) is 8.24. The molecule has 0 unspecified atom stereocenters. The van der Waals surface area contributed by atoms with Crippen LogP contribution in [0.2, 0.25) is 0 Å². The molecule has 2 N–H and O–H groups in total. The molecule has 3 fully saturated rings. The van der Waals surface area contributed by atoms with E-state index < -0.39 is 0 Å². The maximum Gasteiger partial charge on any atom is 0.247 e. The predicted octanol–water partition coefficient (Wildman–Crippen LogP) is 6.01. The summed E-state index contributed by atoms with van der Waals surface area (Å²) in [7, 11) is 1.62. The van der Waals surface area contributed by atoms with E-state index in [0.717, 1.165) is 42.1 Å². The molecule has 0 radical (unpaired) electrons. The van der Waals surface area contributed by atoms with Gasteiger partial charge in [0.25, 0.3) is 0 Å². The number of fused-ring (bicyclic) bond motifs is 2. The highest BCUT2D eigenvalue weighted by molar-refractivity contribution is 6.02. The van der Waals surface area contributed by atoms with Crippen LogP contribution in [0.1, 0.15) is 24.4 Å². The number of carbonyl (C=O) groups excluding carboxylic acids is 1. The second-order valence-electron chi connectivity index (χ2n) is 11.1. The molecule has 0 spiro atoms. The van der Waals surface area contributed by atoms with Crippen LogP contribution in [-0.4, -0.2) is 54.9 Å². The Bertz CT molecular complexity index is 1700. The number of morpholine rings is 1. The molecule has 1 aromatic heterocycles. The van der Waals surface area contributed by atoms with Crippen LogP contribution in [0.3, 0.4) is 0 Å². The van der Waals surface area contributed by atoms with Crippen LogP contribution in [0.4, 0.5) is 28.7 Å². The van der Waals surface area contributed by atoms with Gasteiger partial charge in [-0.15, -0.1) is 0 Å². The zero-order chi connectivity index (χ0) is 30.8. The molecule has 3 aliphatic heterocycles. The van der Waals surface area contributed by atoms with E-state index in [1.165, 1.54) is 12.4 Å². The Kier molecular flexibility index (Phi) is 7.93. The molecular formula is C34H34N6O5. The zero-order valence-corrected chi connectivity index (χ0v) is 24.9. The number of hydrogen-bond donors (Lipinski definition) is 2. The summed E-state index contributed by atoms with van der Waals surface area (Å²) in [6, 6.07) is 23.5. The first kappa shape index (κ1) is 28.6. The van der Waals surface area contributed by atoms with Gasteiger partial charge in [-0.25, -0.2) is 15.0 Å². The fourth-order valence-electron chi connectivity index (χ4n) is 6.13. The SMILES string of the molecule is C=CC(=O)Nc1cc(Nc2cc(N3OCC[C@@H]3c3cccc(Oc4ccccc4)c3)ncn2)c(OC)cc1N1C[C@H]2C[C@@H]1CO2. The van der Waals surface area contributed by atoms with Crippen molar-refractivity contribution in [2.75, 3.05) is 47.5 Å². The molecule has 45 heavy (non-hydrogen) atoms. The van der Waals surface area contributed by atoms with Gasteiger partial charge >= 0.3 is 0 Å². The van der Waals surface area contributed by atoms with Crippen molar-refractivity contribution in [2.45, 2.75) is 31.0 Å². The largest absolute Gasteiger partial charge is 0.494 e. The first-order valence-electron chi connectivity index (χ1n) is 15.0. The van der Waals surface area contributed by atoms with Gasteiger partial charge in [0, 0.05) is 25.1 Å². The lowest BCUT2D eigenvalue weighted by atomic mass is 10.0. The molecule has 3 aromatic carbocycles. The van der Waals surface area contributed by atoms with Crippen molar-refractivity contribution in [3.63, 3.8) is 0 Å². The van der Waals surface area contributed by atoms with E-state index in [-0.39, 0.29) is 24.1 Å². The maximum absolute atomic E-state index is 12.4. The number of para-hydroxylation sites is 1. The summed E-state index contributed by atoms with van der Waals surface area (Å²) in [5, 5.41) is 8.15. The molecule has 11 nitrogen and oxygen atoms in total. The van der Waals surface area contributed by atoms with Crippen molar-refractivity contribution in [3.8, 4) is 17.2 Å². The summed E-state index contributed by atoms with van der Waals surface area (Å²) in [4.78, 5) is 29.7. The van der Waals surface area contributed by atoms with Gasteiger partial charge in [-0.05, 0) is 48.4 Å². The standard InChI is InChI=1S/C34H34N6O5/c1-3-34(41)38-27-16-28(31(42-2)17-30(27)39-19-26-15-23(39)20-43-26)37-32-18-33(36-21-35-32)40-29(12-13-44-40)22-8-7-11-25(14-22)45-24-9-5-4-6-10-24/h3-11,14,16-18,21,23,26,29H,1,12-13,15,19-20H2,2H3,(H,38,41)(H,35,36,37)/t23-,26-,29-/m1/s1. The number of anilines is 5. The molecule has 3 aliphatic rings. The van der Waals surface area contributed by atoms with E-state index in [4.69, 9.17) is 19.0 Å². The Hall–Kier alpha value is -5.13. The Morgan fingerprint density at radius 3 is 2.69 bits per heavy atom. The highest BCUT2D eigenvalue weighted by atomic mass is 16.7. The summed E-state index contributed by atoms with van der Waals surface area (Å²) < 4.78 is 17.7. The molecule has 3 atom stereocenters. The first-order valence-corrected chi connectivity index (χ1v) is 15.0. The van der Waals surface area contributed by atoms with Crippen molar-refractivity contribution >= 4 is 34.6 Å². The van der Waals surface area contributed by atoms with E-state index in [1.807, 2.05) is 71.8 Å². The normalized spacial score (nSPS) is 20.2. The first-order chi connectivity index (χ1) is 22.1. The minimum Gasteiger partial charge on any atom is -0.494 e. The van der Waals surface area contributed by atoms with Gasteiger partial charge in [-0.3, -0.25) is 9.63 Å². The smallest absolute Gasteiger partial charge is 0.247 e. The molecule has 230 valence electrons. The van der Waals surface area contributed by atoms with Crippen molar-refractivity contribution in [3.05, 3.63) is 97.3 Å². The van der Waals surface area contributed by atoms with Crippen molar-refractivity contribution < 1.29 is 23.8 Å². The van der Waals surface area contributed by atoms with E-state index in [9.17, 15) is 4.79 Å². The van der Waals surface area contributed by atoms with Crippen LogP contribution < -0.4 is 30.1 Å². The average Bonchev–Trinajstić information content (AvgIpc) is 3.84. The van der Waals surface area contributed by atoms with Crippen LogP contribution >= 0.6 is 0 Å². The molecule has 7 rings (SSSR count). The topological polar surface area (TPSA) is 110 Å². The molecule has 3 saturated heterocycles. The van der Waals surface area contributed by atoms with E-state index in [0.29, 0.717) is 42.0 Å². The van der Waals surface area contributed by atoms with E-state index in [2.05, 4.69) is 38.1 Å². The number of ether oxygens (including phenoxy) is 3. The molecule has 2 bridgehead atoms. The fraction of sp³-hybridized carbons (Fsp3) is 0.265. The number of methoxy groups -OCH3 is 1. The van der Waals surface area contributed by atoms with E-state index in [1.54, 1.807) is 7.11 Å². The molecule has 0 saturated carbocycles. The van der Waals surface area contributed by atoms with Crippen molar-refractivity contribution in [1.82, 2.24) is 9.97 Å². The van der Waals surface area contributed by atoms with Gasteiger partial charge < -0.3 is 29.7 Å². The molecule has 0 aliphatic carbocycles. The Morgan fingerprint density at radius 1 is 1.04 bits per heavy atom. The molecule has 11 heteroatoms. The number of hydrogen-bond acceptors (Lipinski definition) is 10. The van der Waals surface area contributed by atoms with Gasteiger partial charge in [0.05, 0.1) is 55.6 Å². The number of aromatic nitrogens is 2. The quantitative estimate of drug-likeness (QED) is 0.208. The third kappa shape index (κ3) is 6.00. The van der Waals surface area contributed by atoms with Crippen LogP contribution in [0.5, 0.6) is 17.2 Å². The van der Waals surface area contributed by atoms with Crippen LogP contribution in [0.15, 0.2) is 91.8 Å². The number of benzene rings is 3. The second-order valence-corrected chi connectivity index (χ2v) is 11.1. The van der Waals surface area contributed by atoms with Crippen molar-refractivity contribution in [1.29, 1.82) is 0 Å². The third-order valence-electron chi connectivity index (χ3n) is 8.24. The van der Waals surface area contributed by atoms with E-state index >= 15 is 0 Å². The highest BCUT2D eigenvalue weighted by Gasteiger charge is 2.40. The minimum atomic E-state index is -0.298. The summed E-state index contributed by atoms with van der Waals surface area (Å²) in [6.45, 7) is 5.58. The number of carbonyl (C=O) groups is 1. The Balaban J connectivity index is 1.14. The zero-order valence-electron chi connectivity index (χ0n) is 24.9. The van der Waals surface area contributed by atoms with Crippen molar-refractivity contribution in [2.24, 2.45) is 0 Å². The number of nitrogens with one attached hydrogen (secondary N) is 2. The number of hydroxylamine groups is 1. The summed E-state index contributed by atoms with van der Waals surface area (Å²) in [6.07, 6.45) is 4.69. The molecule has 4 aromatic rings.